The second-order valence-electron chi connectivity index (χ2n) is 6.68. The third kappa shape index (κ3) is 4.20. The number of hydrogen-bond donors (Lipinski definition) is 0. The SMILES string of the molecule is C[C@H]1CN(c2ccc(C(F)(F)F)cc2[N+](=O)[O-])CCN1S(=O)(=O)c1ccccc1. The van der Waals surface area contributed by atoms with E-state index in [2.05, 4.69) is 0 Å². The van der Waals surface area contributed by atoms with E-state index in [0.717, 1.165) is 12.1 Å². The molecule has 0 N–H and O–H groups in total. The number of sulfonamides is 1. The van der Waals surface area contributed by atoms with Crippen LogP contribution in [-0.2, 0) is 16.2 Å². The Morgan fingerprint density at radius 3 is 2.31 bits per heavy atom. The summed E-state index contributed by atoms with van der Waals surface area (Å²) in [4.78, 5) is 12.2. The van der Waals surface area contributed by atoms with Gasteiger partial charge in [0.25, 0.3) is 5.69 Å². The number of nitro benzene ring substituents is 1. The van der Waals surface area contributed by atoms with Crippen LogP contribution in [0.1, 0.15) is 12.5 Å². The smallest absolute Gasteiger partial charge is 0.363 e. The van der Waals surface area contributed by atoms with E-state index < -0.39 is 38.4 Å². The lowest BCUT2D eigenvalue weighted by Gasteiger charge is -2.39. The first-order valence-electron chi connectivity index (χ1n) is 8.69. The Labute approximate surface area is 165 Å². The molecule has 0 aliphatic carbocycles. The van der Waals surface area contributed by atoms with Crippen molar-refractivity contribution in [2.75, 3.05) is 24.5 Å². The van der Waals surface area contributed by atoms with Gasteiger partial charge in [-0.25, -0.2) is 8.42 Å². The molecule has 0 radical (unpaired) electrons. The number of benzene rings is 2. The molecular weight excluding hydrogens is 411 g/mol. The van der Waals surface area contributed by atoms with E-state index in [0.29, 0.717) is 6.07 Å². The Morgan fingerprint density at radius 2 is 1.76 bits per heavy atom. The van der Waals surface area contributed by atoms with Crippen LogP contribution in [0.15, 0.2) is 53.4 Å². The molecule has 1 fully saturated rings. The number of halogens is 3. The van der Waals surface area contributed by atoms with Gasteiger partial charge in [0, 0.05) is 31.7 Å². The third-order valence-corrected chi connectivity index (χ3v) is 6.78. The Hall–Kier alpha value is -2.66. The maximum atomic E-state index is 12.9. The molecule has 0 spiro atoms. The maximum absolute atomic E-state index is 12.9. The van der Waals surface area contributed by atoms with Crippen LogP contribution < -0.4 is 4.90 Å². The van der Waals surface area contributed by atoms with Crippen LogP contribution >= 0.6 is 0 Å². The quantitative estimate of drug-likeness (QED) is 0.549. The first kappa shape index (κ1) is 21.1. The number of piperazine rings is 1. The van der Waals surface area contributed by atoms with Gasteiger partial charge in [0.1, 0.15) is 5.69 Å². The highest BCUT2D eigenvalue weighted by molar-refractivity contribution is 7.89. The molecule has 7 nitrogen and oxygen atoms in total. The second-order valence-corrected chi connectivity index (χ2v) is 8.57. The van der Waals surface area contributed by atoms with Crippen molar-refractivity contribution in [1.82, 2.24) is 4.31 Å². The molecule has 156 valence electrons. The summed E-state index contributed by atoms with van der Waals surface area (Å²) in [6, 6.07) is 9.71. The van der Waals surface area contributed by atoms with E-state index >= 15 is 0 Å². The Bertz CT molecular complexity index is 1010. The van der Waals surface area contributed by atoms with Gasteiger partial charge in [0.15, 0.2) is 0 Å². The number of anilines is 1. The number of alkyl halides is 3. The van der Waals surface area contributed by atoms with Gasteiger partial charge in [-0.1, -0.05) is 18.2 Å². The molecule has 1 atom stereocenters. The van der Waals surface area contributed by atoms with Gasteiger partial charge < -0.3 is 4.90 Å². The molecule has 1 aliphatic heterocycles. The minimum absolute atomic E-state index is 0.0339. The lowest BCUT2D eigenvalue weighted by molar-refractivity contribution is -0.384. The highest BCUT2D eigenvalue weighted by Crippen LogP contribution is 2.37. The van der Waals surface area contributed by atoms with Crippen molar-refractivity contribution in [2.45, 2.75) is 24.0 Å². The average Bonchev–Trinajstić information content (AvgIpc) is 2.67. The molecule has 3 rings (SSSR count). The molecule has 1 saturated heterocycles. The molecule has 2 aromatic carbocycles. The number of nitro groups is 1. The monoisotopic (exact) mass is 429 g/mol. The van der Waals surface area contributed by atoms with Crippen LogP contribution in [0.3, 0.4) is 0 Å². The van der Waals surface area contributed by atoms with Crippen molar-refractivity contribution >= 4 is 21.4 Å². The highest BCUT2D eigenvalue weighted by atomic mass is 32.2. The van der Waals surface area contributed by atoms with Crippen molar-refractivity contribution in [2.24, 2.45) is 0 Å². The molecule has 0 saturated carbocycles. The Balaban J connectivity index is 1.87. The minimum Gasteiger partial charge on any atom is -0.363 e. The van der Waals surface area contributed by atoms with E-state index in [4.69, 9.17) is 0 Å². The van der Waals surface area contributed by atoms with Gasteiger partial charge in [-0.2, -0.15) is 17.5 Å². The van der Waals surface area contributed by atoms with Gasteiger partial charge in [-0.15, -0.1) is 0 Å². The summed E-state index contributed by atoms with van der Waals surface area (Å²) < 4.78 is 65.7. The first-order chi connectivity index (χ1) is 13.5. The predicted molar refractivity (Wildman–Crippen MR) is 100 cm³/mol. The molecule has 1 aliphatic rings. The average molecular weight is 429 g/mol. The predicted octanol–water partition coefficient (Wildman–Crippen LogP) is 3.51. The zero-order chi connectivity index (χ0) is 21.4. The normalized spacial score (nSPS) is 18.6. The van der Waals surface area contributed by atoms with Crippen molar-refractivity contribution in [3.8, 4) is 0 Å². The summed E-state index contributed by atoms with van der Waals surface area (Å²) >= 11 is 0. The van der Waals surface area contributed by atoms with Crippen molar-refractivity contribution in [1.29, 1.82) is 0 Å². The fraction of sp³-hybridized carbons (Fsp3) is 0.333. The van der Waals surface area contributed by atoms with E-state index in [1.54, 1.807) is 30.0 Å². The van der Waals surface area contributed by atoms with Gasteiger partial charge in [0.05, 0.1) is 15.4 Å². The fourth-order valence-corrected chi connectivity index (χ4v) is 4.99. The minimum atomic E-state index is -4.70. The summed E-state index contributed by atoms with van der Waals surface area (Å²) in [5.41, 5.74) is -1.73. The van der Waals surface area contributed by atoms with Crippen LogP contribution in [0.2, 0.25) is 0 Å². The van der Waals surface area contributed by atoms with Crippen LogP contribution in [0, 0.1) is 10.1 Å². The van der Waals surface area contributed by atoms with Crippen molar-refractivity contribution in [3.05, 3.63) is 64.2 Å². The largest absolute Gasteiger partial charge is 0.416 e. The Morgan fingerprint density at radius 1 is 1.10 bits per heavy atom. The summed E-state index contributed by atoms with van der Waals surface area (Å²) in [5, 5.41) is 11.3. The zero-order valence-electron chi connectivity index (χ0n) is 15.3. The molecule has 2 aromatic rings. The van der Waals surface area contributed by atoms with Gasteiger partial charge in [-0.3, -0.25) is 10.1 Å². The standard InChI is InChI=1S/C18H18F3N3O4S/c1-13-12-22(9-10-23(13)29(27,28)15-5-3-2-4-6-15)16-8-7-14(18(19,20)21)11-17(16)24(25)26/h2-8,11,13H,9-10,12H2,1H3/t13-/m0/s1. The first-order valence-corrected chi connectivity index (χ1v) is 10.1. The molecule has 29 heavy (non-hydrogen) atoms. The second kappa shape index (κ2) is 7.64. The topological polar surface area (TPSA) is 83.8 Å². The number of rotatable bonds is 4. The van der Waals surface area contributed by atoms with E-state index in [1.807, 2.05) is 0 Å². The Kier molecular flexibility index (Phi) is 5.54. The van der Waals surface area contributed by atoms with E-state index in [-0.39, 0.29) is 30.2 Å². The zero-order valence-corrected chi connectivity index (χ0v) is 16.2. The lowest BCUT2D eigenvalue weighted by atomic mass is 10.1. The summed E-state index contributed by atoms with van der Waals surface area (Å²) in [6.07, 6.45) is -4.70. The molecule has 1 heterocycles. The molecule has 0 aromatic heterocycles. The van der Waals surface area contributed by atoms with Crippen molar-refractivity contribution in [3.63, 3.8) is 0 Å². The molecule has 11 heteroatoms. The van der Waals surface area contributed by atoms with Gasteiger partial charge in [-0.05, 0) is 31.2 Å². The van der Waals surface area contributed by atoms with E-state index in [1.165, 1.54) is 16.4 Å². The van der Waals surface area contributed by atoms with Crippen LogP contribution in [0.5, 0.6) is 0 Å². The van der Waals surface area contributed by atoms with Gasteiger partial charge in [0.2, 0.25) is 10.0 Å². The molecule has 0 amide bonds. The maximum Gasteiger partial charge on any atom is 0.416 e. The summed E-state index contributed by atoms with van der Waals surface area (Å²) in [6.45, 7) is 1.93. The number of nitrogens with zero attached hydrogens (tertiary/aromatic N) is 3. The van der Waals surface area contributed by atoms with Crippen LogP contribution in [0.4, 0.5) is 24.5 Å². The summed E-state index contributed by atoms with van der Waals surface area (Å²) in [7, 11) is -3.75. The third-order valence-electron chi connectivity index (χ3n) is 4.76. The fourth-order valence-electron chi connectivity index (χ4n) is 3.36. The van der Waals surface area contributed by atoms with Crippen LogP contribution in [0.25, 0.3) is 0 Å². The molecule has 0 unspecified atom stereocenters. The highest BCUT2D eigenvalue weighted by Gasteiger charge is 2.37. The van der Waals surface area contributed by atoms with Crippen molar-refractivity contribution < 1.29 is 26.5 Å². The summed E-state index contributed by atoms with van der Waals surface area (Å²) in [5.74, 6) is 0. The molecular formula is C18H18F3N3O4S. The van der Waals surface area contributed by atoms with E-state index in [9.17, 15) is 31.7 Å². The van der Waals surface area contributed by atoms with Gasteiger partial charge >= 0.3 is 6.18 Å². The number of hydrogen-bond acceptors (Lipinski definition) is 5. The molecule has 0 bridgehead atoms. The van der Waals surface area contributed by atoms with Crippen LogP contribution in [-0.4, -0.2) is 43.3 Å². The lowest BCUT2D eigenvalue weighted by Crippen LogP contribution is -2.54.